The lowest BCUT2D eigenvalue weighted by atomic mass is 9.82. The minimum atomic E-state index is -0.0552. The van der Waals surface area contributed by atoms with Gasteiger partial charge < -0.3 is 4.90 Å². The Balaban J connectivity index is 1.23. The van der Waals surface area contributed by atoms with Gasteiger partial charge in [0.2, 0.25) is 0 Å². The highest BCUT2D eigenvalue weighted by Gasteiger charge is 2.35. The molecule has 1 aliphatic rings. The van der Waals surface area contributed by atoms with E-state index in [9.17, 15) is 0 Å². The van der Waals surface area contributed by atoms with Gasteiger partial charge in [-0.05, 0) is 92.2 Å². The predicted molar refractivity (Wildman–Crippen MR) is 220 cm³/mol. The maximum absolute atomic E-state index is 2.47. The summed E-state index contributed by atoms with van der Waals surface area (Å²) in [6.07, 6.45) is 0. The van der Waals surface area contributed by atoms with Gasteiger partial charge in [0.1, 0.15) is 0 Å². The van der Waals surface area contributed by atoms with Gasteiger partial charge in [0, 0.05) is 42.5 Å². The van der Waals surface area contributed by atoms with Crippen molar-refractivity contribution in [2.75, 3.05) is 4.90 Å². The number of anilines is 3. The summed E-state index contributed by atoms with van der Waals surface area (Å²) in [6.45, 7) is 4.70. The van der Waals surface area contributed by atoms with E-state index in [2.05, 4.69) is 195 Å². The third-order valence-electron chi connectivity index (χ3n) is 10.9. The Bertz CT molecular complexity index is 2770. The van der Waals surface area contributed by atoms with Crippen molar-refractivity contribution in [2.24, 2.45) is 0 Å². The largest absolute Gasteiger partial charge is 0.310 e. The molecule has 0 saturated heterocycles. The molecule has 0 fully saturated rings. The standard InChI is InChI=1S/C49H35NS/c1-49(2)43-18-10-8-16-39(43)42-31-37(26-28-44(42)49)50(36-24-20-33(21-25-36)32-12-4-3-5-13-32)45-29-23-34-14-6-7-15-38(34)48(45)35-22-27-41-40-17-9-11-19-46(40)51-47(41)30-35/h3-31H,1-2H3. The molecule has 0 saturated carbocycles. The van der Waals surface area contributed by atoms with Crippen LogP contribution >= 0.6 is 11.3 Å². The minimum absolute atomic E-state index is 0.0552. The van der Waals surface area contributed by atoms with E-state index in [1.165, 1.54) is 75.5 Å². The van der Waals surface area contributed by atoms with Gasteiger partial charge >= 0.3 is 0 Å². The molecule has 0 aliphatic heterocycles. The number of rotatable bonds is 5. The third-order valence-corrected chi connectivity index (χ3v) is 12.0. The van der Waals surface area contributed by atoms with Crippen LogP contribution in [0.4, 0.5) is 17.1 Å². The zero-order chi connectivity index (χ0) is 34.1. The van der Waals surface area contributed by atoms with Crippen LogP contribution < -0.4 is 4.90 Å². The summed E-state index contributed by atoms with van der Waals surface area (Å²) in [4.78, 5) is 2.47. The van der Waals surface area contributed by atoms with Crippen LogP contribution in [0, 0.1) is 0 Å². The first kappa shape index (κ1) is 29.9. The zero-order valence-corrected chi connectivity index (χ0v) is 29.4. The fourth-order valence-corrected chi connectivity index (χ4v) is 9.48. The van der Waals surface area contributed by atoms with Crippen LogP contribution in [0.15, 0.2) is 176 Å². The maximum Gasteiger partial charge on any atom is 0.0546 e. The molecule has 1 aromatic heterocycles. The topological polar surface area (TPSA) is 3.24 Å². The van der Waals surface area contributed by atoms with Crippen LogP contribution in [-0.2, 0) is 5.41 Å². The molecule has 0 bridgehead atoms. The van der Waals surface area contributed by atoms with Gasteiger partial charge in [-0.1, -0.05) is 147 Å². The second kappa shape index (κ2) is 11.6. The molecular formula is C49H35NS. The van der Waals surface area contributed by atoms with Crippen LogP contribution in [-0.4, -0.2) is 0 Å². The van der Waals surface area contributed by atoms with Gasteiger partial charge in [0.05, 0.1) is 5.69 Å². The fraction of sp³-hybridized carbons (Fsp3) is 0.0612. The molecular weight excluding hydrogens is 635 g/mol. The number of nitrogens with zero attached hydrogens (tertiary/aromatic N) is 1. The first-order valence-electron chi connectivity index (χ1n) is 17.7. The zero-order valence-electron chi connectivity index (χ0n) is 28.6. The van der Waals surface area contributed by atoms with Crippen molar-refractivity contribution in [3.05, 3.63) is 187 Å². The van der Waals surface area contributed by atoms with Crippen LogP contribution in [0.2, 0.25) is 0 Å². The number of benzene rings is 8. The molecule has 0 atom stereocenters. The second-order valence-electron chi connectivity index (χ2n) is 14.1. The molecule has 0 spiro atoms. The van der Waals surface area contributed by atoms with Crippen molar-refractivity contribution in [3.63, 3.8) is 0 Å². The summed E-state index contributed by atoms with van der Waals surface area (Å²) in [7, 11) is 0. The molecule has 1 aliphatic carbocycles. The monoisotopic (exact) mass is 669 g/mol. The highest BCUT2D eigenvalue weighted by molar-refractivity contribution is 7.25. The van der Waals surface area contributed by atoms with Crippen molar-refractivity contribution < 1.29 is 0 Å². The second-order valence-corrected chi connectivity index (χ2v) is 15.2. The van der Waals surface area contributed by atoms with E-state index in [1.54, 1.807) is 0 Å². The molecule has 51 heavy (non-hydrogen) atoms. The first-order valence-corrected chi connectivity index (χ1v) is 18.5. The average molecular weight is 670 g/mol. The Morgan fingerprint density at radius 2 is 1.08 bits per heavy atom. The van der Waals surface area contributed by atoms with Crippen LogP contribution in [0.25, 0.3) is 64.3 Å². The third kappa shape index (κ3) is 4.75. The summed E-state index contributed by atoms with van der Waals surface area (Å²) in [5.74, 6) is 0. The molecule has 2 heteroatoms. The number of thiophene rings is 1. The molecule has 242 valence electrons. The van der Waals surface area contributed by atoms with E-state index in [-0.39, 0.29) is 5.41 Å². The van der Waals surface area contributed by atoms with E-state index in [4.69, 9.17) is 0 Å². The molecule has 10 rings (SSSR count). The summed E-state index contributed by atoms with van der Waals surface area (Å²) in [6, 6.07) is 65.0. The molecule has 0 amide bonds. The van der Waals surface area contributed by atoms with Gasteiger partial charge in [-0.2, -0.15) is 0 Å². The van der Waals surface area contributed by atoms with Crippen molar-refractivity contribution >= 4 is 59.3 Å². The quantitative estimate of drug-likeness (QED) is 0.176. The van der Waals surface area contributed by atoms with Crippen LogP contribution in [0.1, 0.15) is 25.0 Å². The molecule has 1 nitrogen and oxygen atoms in total. The van der Waals surface area contributed by atoms with Crippen molar-refractivity contribution in [3.8, 4) is 33.4 Å². The van der Waals surface area contributed by atoms with Gasteiger partial charge in [0.15, 0.2) is 0 Å². The Kier molecular flexibility index (Phi) is 6.78. The highest BCUT2D eigenvalue weighted by Crippen LogP contribution is 2.52. The van der Waals surface area contributed by atoms with Crippen molar-refractivity contribution in [2.45, 2.75) is 19.3 Å². The Morgan fingerprint density at radius 1 is 0.431 bits per heavy atom. The molecule has 0 radical (unpaired) electrons. The van der Waals surface area contributed by atoms with E-state index >= 15 is 0 Å². The summed E-state index contributed by atoms with van der Waals surface area (Å²) in [5, 5.41) is 5.11. The Hall–Kier alpha value is -5.96. The number of hydrogen-bond acceptors (Lipinski definition) is 2. The van der Waals surface area contributed by atoms with Gasteiger partial charge in [-0.3, -0.25) is 0 Å². The molecule has 0 N–H and O–H groups in total. The number of hydrogen-bond donors (Lipinski definition) is 0. The number of fused-ring (bicyclic) bond motifs is 7. The molecule has 1 heterocycles. The van der Waals surface area contributed by atoms with Gasteiger partial charge in [0.25, 0.3) is 0 Å². The highest BCUT2D eigenvalue weighted by atomic mass is 32.1. The first-order chi connectivity index (χ1) is 25.0. The summed E-state index contributed by atoms with van der Waals surface area (Å²) in [5.41, 5.74) is 13.7. The molecule has 8 aromatic carbocycles. The van der Waals surface area contributed by atoms with Crippen molar-refractivity contribution in [1.29, 1.82) is 0 Å². The van der Waals surface area contributed by atoms with Crippen LogP contribution in [0.3, 0.4) is 0 Å². The van der Waals surface area contributed by atoms with E-state index < -0.39 is 0 Å². The summed E-state index contributed by atoms with van der Waals surface area (Å²) >= 11 is 1.88. The normalized spacial score (nSPS) is 13.1. The van der Waals surface area contributed by atoms with E-state index in [0.717, 1.165) is 17.1 Å². The predicted octanol–water partition coefficient (Wildman–Crippen LogP) is 14.3. The van der Waals surface area contributed by atoms with Crippen LogP contribution in [0.5, 0.6) is 0 Å². The van der Waals surface area contributed by atoms with Gasteiger partial charge in [-0.15, -0.1) is 11.3 Å². The average Bonchev–Trinajstić information content (AvgIpc) is 3.66. The van der Waals surface area contributed by atoms with E-state index in [1.807, 2.05) is 11.3 Å². The molecule has 0 unspecified atom stereocenters. The Labute approximate surface area is 302 Å². The fourth-order valence-electron chi connectivity index (χ4n) is 8.34. The molecule has 9 aromatic rings. The maximum atomic E-state index is 2.47. The SMILES string of the molecule is CC1(C)c2ccccc2-c2cc(N(c3ccc(-c4ccccc4)cc3)c3ccc4ccccc4c3-c3ccc4c(c3)sc3ccccc34)ccc21. The van der Waals surface area contributed by atoms with Gasteiger partial charge in [-0.25, -0.2) is 0 Å². The smallest absolute Gasteiger partial charge is 0.0546 e. The van der Waals surface area contributed by atoms with E-state index in [0.29, 0.717) is 0 Å². The lowest BCUT2D eigenvalue weighted by Crippen LogP contribution is -2.15. The Morgan fingerprint density at radius 3 is 1.94 bits per heavy atom. The minimum Gasteiger partial charge on any atom is -0.310 e. The van der Waals surface area contributed by atoms with Crippen molar-refractivity contribution in [1.82, 2.24) is 0 Å². The summed E-state index contributed by atoms with van der Waals surface area (Å²) < 4.78 is 2.63. The lowest BCUT2D eigenvalue weighted by molar-refractivity contribution is 0.660. The lowest BCUT2D eigenvalue weighted by Gasteiger charge is -2.30.